The lowest BCUT2D eigenvalue weighted by Gasteiger charge is -2.39. The van der Waals surface area contributed by atoms with Gasteiger partial charge in [0.25, 0.3) is 0 Å². The minimum absolute atomic E-state index is 0.135. The molecule has 11 nitrogen and oxygen atoms in total. The predicted molar refractivity (Wildman–Crippen MR) is 169 cm³/mol. The maximum Gasteiger partial charge on any atom is 0.236 e. The van der Waals surface area contributed by atoms with Crippen LogP contribution in [0, 0.1) is 11.3 Å². The first-order valence-electron chi connectivity index (χ1n) is 14.4. The number of piperazine rings is 1. The monoisotopic (exact) mass is 579 g/mol. The van der Waals surface area contributed by atoms with Gasteiger partial charge in [-0.3, -0.25) is 9.47 Å². The summed E-state index contributed by atoms with van der Waals surface area (Å²) in [6.45, 7) is 5.42. The Morgan fingerprint density at radius 1 is 0.886 bits per heavy atom. The van der Waals surface area contributed by atoms with Gasteiger partial charge in [0.15, 0.2) is 11.5 Å². The second kappa shape index (κ2) is 11.5. The number of nitrogen functional groups attached to an aromatic ring is 1. The van der Waals surface area contributed by atoms with E-state index in [9.17, 15) is 0 Å². The van der Waals surface area contributed by atoms with E-state index in [0.717, 1.165) is 59.9 Å². The van der Waals surface area contributed by atoms with Crippen LogP contribution < -0.4 is 10.6 Å². The summed E-state index contributed by atoms with van der Waals surface area (Å²) in [6.07, 6.45) is 3.08. The molecule has 0 bridgehead atoms. The first kappa shape index (κ1) is 27.1. The molecule has 216 valence electrons. The zero-order chi connectivity index (χ0) is 30.0. The van der Waals surface area contributed by atoms with E-state index in [1.165, 1.54) is 11.9 Å². The summed E-state index contributed by atoms with van der Waals surface area (Å²) in [5.41, 5.74) is 12.7. The van der Waals surface area contributed by atoms with E-state index in [-0.39, 0.29) is 11.9 Å². The molecule has 44 heavy (non-hydrogen) atoms. The van der Waals surface area contributed by atoms with Crippen molar-refractivity contribution in [1.82, 2.24) is 39.4 Å². The van der Waals surface area contributed by atoms with E-state index in [4.69, 9.17) is 21.0 Å². The second-order valence-electron chi connectivity index (χ2n) is 10.8. The van der Waals surface area contributed by atoms with Crippen molar-refractivity contribution in [2.45, 2.75) is 19.5 Å². The number of hydrogen-bond acceptors (Lipinski definition) is 10. The zero-order valence-corrected chi connectivity index (χ0v) is 24.1. The molecule has 0 aliphatic carbocycles. The highest BCUT2D eigenvalue weighted by atomic mass is 15.3. The minimum Gasteiger partial charge on any atom is -0.383 e. The van der Waals surface area contributed by atoms with Crippen LogP contribution in [0.25, 0.3) is 39.5 Å². The lowest BCUT2D eigenvalue weighted by Crippen LogP contribution is -2.52. The van der Waals surface area contributed by atoms with Gasteiger partial charge in [0, 0.05) is 49.7 Å². The lowest BCUT2D eigenvalue weighted by atomic mass is 10.1. The van der Waals surface area contributed by atoms with Gasteiger partial charge in [0.05, 0.1) is 11.3 Å². The van der Waals surface area contributed by atoms with Gasteiger partial charge in [-0.2, -0.15) is 10.2 Å². The molecule has 4 aromatic heterocycles. The lowest BCUT2D eigenvalue weighted by molar-refractivity contribution is 0.219. The summed E-state index contributed by atoms with van der Waals surface area (Å²) in [4.78, 5) is 31.4. The molecule has 0 saturated carbocycles. The molecule has 0 amide bonds. The van der Waals surface area contributed by atoms with Gasteiger partial charge in [0.1, 0.15) is 23.7 Å². The smallest absolute Gasteiger partial charge is 0.236 e. The summed E-state index contributed by atoms with van der Waals surface area (Å²) in [6, 6.07) is 28.6. The van der Waals surface area contributed by atoms with Crippen LogP contribution in [-0.4, -0.2) is 65.0 Å². The molecule has 7 rings (SSSR count). The van der Waals surface area contributed by atoms with Gasteiger partial charge >= 0.3 is 0 Å². The van der Waals surface area contributed by atoms with Gasteiger partial charge in [0.2, 0.25) is 11.8 Å². The van der Waals surface area contributed by atoms with Crippen LogP contribution in [0.5, 0.6) is 0 Å². The van der Waals surface area contributed by atoms with E-state index >= 15 is 0 Å². The fourth-order valence-electron chi connectivity index (χ4n) is 5.72. The van der Waals surface area contributed by atoms with Crippen molar-refractivity contribution in [3.63, 3.8) is 0 Å². The molecule has 5 heterocycles. The summed E-state index contributed by atoms with van der Waals surface area (Å²) >= 11 is 0. The highest BCUT2D eigenvalue weighted by Crippen LogP contribution is 2.32. The molecule has 0 radical (unpaired) electrons. The Morgan fingerprint density at radius 3 is 2.50 bits per heavy atom. The molecule has 2 aromatic carbocycles. The Labute approximate surface area is 254 Å². The topological polar surface area (TPSA) is 139 Å². The number of pyridine rings is 2. The van der Waals surface area contributed by atoms with Crippen molar-refractivity contribution >= 4 is 22.9 Å². The summed E-state index contributed by atoms with van der Waals surface area (Å²) in [7, 11) is 0. The Hall–Kier alpha value is -5.73. The summed E-state index contributed by atoms with van der Waals surface area (Å²) < 4.78 is 2.06. The Morgan fingerprint density at radius 2 is 1.73 bits per heavy atom. The Kier molecular flexibility index (Phi) is 7.09. The second-order valence-corrected chi connectivity index (χ2v) is 10.8. The number of imidazole rings is 1. The number of hydrogen-bond donors (Lipinski definition) is 1. The first-order chi connectivity index (χ1) is 21.6. The van der Waals surface area contributed by atoms with Crippen molar-refractivity contribution in [2.24, 2.45) is 0 Å². The maximum absolute atomic E-state index is 9.16. The number of aromatic nitrogens is 7. The molecule has 11 heteroatoms. The normalized spacial score (nSPS) is 15.4. The molecule has 1 aliphatic rings. The van der Waals surface area contributed by atoms with Crippen molar-refractivity contribution in [3.8, 4) is 34.4 Å². The van der Waals surface area contributed by atoms with Crippen LogP contribution in [0.1, 0.15) is 18.3 Å². The SMILES string of the molecule is C[C@H]1CN(Cc2ccc(-n3c(-c4cccnc4N)nc4ccc(-c5ccccc5)nc43)cc2)CCN1c1ncnc(C#N)n1. The largest absolute Gasteiger partial charge is 0.383 e. The van der Waals surface area contributed by atoms with Gasteiger partial charge in [-0.05, 0) is 48.9 Å². The summed E-state index contributed by atoms with van der Waals surface area (Å²) in [5, 5.41) is 9.16. The van der Waals surface area contributed by atoms with Crippen molar-refractivity contribution in [3.05, 3.63) is 103 Å². The quantitative estimate of drug-likeness (QED) is 0.300. The molecule has 1 fully saturated rings. The van der Waals surface area contributed by atoms with Crippen LogP contribution in [0.2, 0.25) is 0 Å². The highest BCUT2D eigenvalue weighted by molar-refractivity contribution is 5.84. The molecule has 0 spiro atoms. The van der Waals surface area contributed by atoms with Gasteiger partial charge in [-0.25, -0.2) is 24.9 Å². The average molecular weight is 580 g/mol. The van der Waals surface area contributed by atoms with E-state index in [2.05, 4.69) is 77.6 Å². The van der Waals surface area contributed by atoms with Gasteiger partial charge < -0.3 is 10.6 Å². The number of fused-ring (bicyclic) bond motifs is 1. The fourth-order valence-corrected chi connectivity index (χ4v) is 5.72. The summed E-state index contributed by atoms with van der Waals surface area (Å²) in [5.74, 6) is 1.79. The molecular formula is C33H29N11. The predicted octanol–water partition coefficient (Wildman–Crippen LogP) is 4.50. The Balaban J connectivity index is 1.18. The minimum atomic E-state index is 0.135. The van der Waals surface area contributed by atoms with Crippen LogP contribution in [-0.2, 0) is 6.54 Å². The number of nitrogens with two attached hydrogens (primary N) is 1. The number of nitriles is 1. The zero-order valence-electron chi connectivity index (χ0n) is 24.1. The molecule has 0 unspecified atom stereocenters. The van der Waals surface area contributed by atoms with E-state index in [1.807, 2.05) is 48.5 Å². The maximum atomic E-state index is 9.16. The van der Waals surface area contributed by atoms with Gasteiger partial charge in [-0.1, -0.05) is 42.5 Å². The molecular weight excluding hydrogens is 550 g/mol. The molecule has 2 N–H and O–H groups in total. The van der Waals surface area contributed by atoms with Crippen molar-refractivity contribution in [2.75, 3.05) is 30.3 Å². The third-order valence-electron chi connectivity index (χ3n) is 7.88. The molecule has 1 saturated heterocycles. The van der Waals surface area contributed by atoms with Crippen molar-refractivity contribution < 1.29 is 0 Å². The van der Waals surface area contributed by atoms with Crippen LogP contribution >= 0.6 is 0 Å². The third-order valence-corrected chi connectivity index (χ3v) is 7.88. The number of benzene rings is 2. The van der Waals surface area contributed by atoms with Gasteiger partial charge in [-0.15, -0.1) is 0 Å². The number of rotatable bonds is 6. The third kappa shape index (κ3) is 5.19. The Bertz CT molecular complexity index is 1980. The van der Waals surface area contributed by atoms with Crippen LogP contribution in [0.3, 0.4) is 0 Å². The average Bonchev–Trinajstić information content (AvgIpc) is 3.44. The highest BCUT2D eigenvalue weighted by Gasteiger charge is 2.26. The molecule has 1 aliphatic heterocycles. The van der Waals surface area contributed by atoms with E-state index in [0.29, 0.717) is 17.6 Å². The van der Waals surface area contributed by atoms with Crippen LogP contribution in [0.15, 0.2) is 91.4 Å². The number of anilines is 2. The van der Waals surface area contributed by atoms with Crippen molar-refractivity contribution in [1.29, 1.82) is 5.26 Å². The standard InChI is InChI=1S/C33H29N11/c1-22-19-42(16-17-43(22)33-38-21-37-29(18-34)41-33)20-23-9-11-25(12-10-23)44-31(26-8-5-15-36-30(26)35)40-28-14-13-27(39-32(28)44)24-6-3-2-4-7-24/h2-15,21-22H,16-17,19-20H2,1H3,(H2,35,36)/t22-/m0/s1. The van der Waals surface area contributed by atoms with Crippen LogP contribution in [0.4, 0.5) is 11.8 Å². The van der Waals surface area contributed by atoms with E-state index in [1.54, 1.807) is 6.20 Å². The molecule has 6 aromatic rings. The molecule has 1 atom stereocenters. The first-order valence-corrected chi connectivity index (χ1v) is 14.4. The number of nitrogens with zero attached hydrogens (tertiary/aromatic N) is 10. The van der Waals surface area contributed by atoms with E-state index < -0.39 is 0 Å². The fraction of sp³-hybridized carbons (Fsp3) is 0.182.